The van der Waals surface area contributed by atoms with E-state index in [1.54, 1.807) is 18.3 Å². The first-order valence-corrected chi connectivity index (χ1v) is 10.6. The van der Waals surface area contributed by atoms with Gasteiger partial charge in [-0.25, -0.2) is 4.98 Å². The highest BCUT2D eigenvalue weighted by Crippen LogP contribution is 2.24. The zero-order valence-corrected chi connectivity index (χ0v) is 18.2. The van der Waals surface area contributed by atoms with Crippen molar-refractivity contribution in [2.75, 3.05) is 13.1 Å². The molecule has 1 atom stereocenters. The number of amides is 2. The highest BCUT2D eigenvalue weighted by atomic mass is 35.5. The predicted octanol–water partition coefficient (Wildman–Crippen LogP) is 4.20. The van der Waals surface area contributed by atoms with Gasteiger partial charge in [0.2, 0.25) is 5.91 Å². The third-order valence-corrected chi connectivity index (χ3v) is 5.76. The molecule has 156 valence electrons. The fourth-order valence-electron chi connectivity index (χ4n) is 3.69. The Hall–Kier alpha value is -2.05. The maximum absolute atomic E-state index is 13.2. The molecule has 1 N–H and O–H groups in total. The van der Waals surface area contributed by atoms with Crippen molar-refractivity contribution in [3.05, 3.63) is 52.5 Å². The molecule has 0 radical (unpaired) electrons. The molecular formula is C21H26Cl2N4O2. The van der Waals surface area contributed by atoms with Crippen LogP contribution in [0.15, 0.2) is 36.9 Å². The molecule has 1 saturated heterocycles. The second kappa shape index (κ2) is 9.63. The summed E-state index contributed by atoms with van der Waals surface area (Å²) in [6.07, 6.45) is 7.85. The Labute approximate surface area is 181 Å². The van der Waals surface area contributed by atoms with Crippen molar-refractivity contribution in [1.82, 2.24) is 19.8 Å². The Morgan fingerprint density at radius 3 is 2.55 bits per heavy atom. The van der Waals surface area contributed by atoms with Crippen molar-refractivity contribution in [3.63, 3.8) is 0 Å². The van der Waals surface area contributed by atoms with Crippen molar-refractivity contribution in [2.24, 2.45) is 5.92 Å². The summed E-state index contributed by atoms with van der Waals surface area (Å²) in [5.74, 6) is -0.145. The minimum Gasteiger partial charge on any atom is -0.341 e. The Morgan fingerprint density at radius 2 is 1.97 bits per heavy atom. The summed E-state index contributed by atoms with van der Waals surface area (Å²) < 4.78 is 2.09. The van der Waals surface area contributed by atoms with Crippen LogP contribution >= 0.6 is 23.2 Å². The second-order valence-electron chi connectivity index (χ2n) is 7.85. The highest BCUT2D eigenvalue weighted by molar-refractivity contribution is 6.36. The van der Waals surface area contributed by atoms with Gasteiger partial charge in [-0.2, -0.15) is 0 Å². The third kappa shape index (κ3) is 5.52. The molecule has 1 aliphatic heterocycles. The van der Waals surface area contributed by atoms with Crippen molar-refractivity contribution in [1.29, 1.82) is 0 Å². The lowest BCUT2D eigenvalue weighted by molar-refractivity contribution is -0.135. The van der Waals surface area contributed by atoms with Crippen LogP contribution in [0.25, 0.3) is 0 Å². The highest BCUT2D eigenvalue weighted by Gasteiger charge is 2.30. The van der Waals surface area contributed by atoms with Crippen LogP contribution in [0.2, 0.25) is 10.0 Å². The molecule has 2 amide bonds. The van der Waals surface area contributed by atoms with Gasteiger partial charge in [-0.05, 0) is 43.4 Å². The number of carbonyl (C=O) groups is 2. The molecule has 1 unspecified atom stereocenters. The van der Waals surface area contributed by atoms with Gasteiger partial charge in [0.05, 0.1) is 16.9 Å². The SMILES string of the molecule is CC(C)CC(NC(=O)c1ccc(Cl)cc1Cl)C(=O)N1CCC(n2ccnc2)CC1. The Balaban J connectivity index is 1.66. The van der Waals surface area contributed by atoms with Crippen molar-refractivity contribution >= 4 is 35.0 Å². The van der Waals surface area contributed by atoms with E-state index in [2.05, 4.69) is 14.9 Å². The summed E-state index contributed by atoms with van der Waals surface area (Å²) in [6, 6.07) is 4.49. The normalized spacial score (nSPS) is 16.1. The summed E-state index contributed by atoms with van der Waals surface area (Å²) in [5, 5.41) is 3.62. The van der Waals surface area contributed by atoms with E-state index in [9.17, 15) is 9.59 Å². The van der Waals surface area contributed by atoms with Crippen molar-refractivity contribution < 1.29 is 9.59 Å². The van der Waals surface area contributed by atoms with E-state index >= 15 is 0 Å². The molecule has 0 aliphatic carbocycles. The summed E-state index contributed by atoms with van der Waals surface area (Å²) in [5.41, 5.74) is 0.316. The summed E-state index contributed by atoms with van der Waals surface area (Å²) in [7, 11) is 0. The number of imidazole rings is 1. The molecule has 8 heteroatoms. The molecule has 1 fully saturated rings. The van der Waals surface area contributed by atoms with Gasteiger partial charge >= 0.3 is 0 Å². The minimum absolute atomic E-state index is 0.0405. The van der Waals surface area contributed by atoms with E-state index in [4.69, 9.17) is 23.2 Å². The first kappa shape index (κ1) is 21.7. The maximum Gasteiger partial charge on any atom is 0.253 e. The number of nitrogens with one attached hydrogen (secondary N) is 1. The zero-order chi connectivity index (χ0) is 21.0. The molecule has 0 spiro atoms. The fourth-order valence-corrected chi connectivity index (χ4v) is 4.19. The van der Waals surface area contributed by atoms with E-state index in [-0.39, 0.29) is 22.8 Å². The first-order chi connectivity index (χ1) is 13.8. The van der Waals surface area contributed by atoms with Crippen LogP contribution in [-0.2, 0) is 4.79 Å². The monoisotopic (exact) mass is 436 g/mol. The van der Waals surface area contributed by atoms with Gasteiger partial charge < -0.3 is 14.8 Å². The van der Waals surface area contributed by atoms with Gasteiger partial charge in [0, 0.05) is 36.5 Å². The first-order valence-electron chi connectivity index (χ1n) is 9.87. The van der Waals surface area contributed by atoms with Crippen LogP contribution < -0.4 is 5.32 Å². The lowest BCUT2D eigenvalue weighted by Crippen LogP contribution is -2.51. The van der Waals surface area contributed by atoms with E-state index in [1.165, 1.54) is 6.07 Å². The van der Waals surface area contributed by atoms with E-state index < -0.39 is 6.04 Å². The molecule has 1 aliphatic rings. The van der Waals surface area contributed by atoms with Crippen molar-refractivity contribution in [3.8, 4) is 0 Å². The molecule has 1 aromatic carbocycles. The number of hydrogen-bond donors (Lipinski definition) is 1. The van der Waals surface area contributed by atoms with Crippen molar-refractivity contribution in [2.45, 2.75) is 45.2 Å². The van der Waals surface area contributed by atoms with Crippen LogP contribution in [0.4, 0.5) is 0 Å². The van der Waals surface area contributed by atoms with Gasteiger partial charge in [0.15, 0.2) is 0 Å². The molecule has 1 aromatic heterocycles. The summed E-state index contributed by atoms with van der Waals surface area (Å²) in [6.45, 7) is 5.39. The van der Waals surface area contributed by atoms with E-state index in [0.717, 1.165) is 12.8 Å². The van der Waals surface area contributed by atoms with Crippen LogP contribution in [0.5, 0.6) is 0 Å². The topological polar surface area (TPSA) is 67.2 Å². The summed E-state index contributed by atoms with van der Waals surface area (Å²) in [4.78, 5) is 31.9. The molecule has 29 heavy (non-hydrogen) atoms. The number of benzene rings is 1. The Morgan fingerprint density at radius 1 is 1.24 bits per heavy atom. The predicted molar refractivity (Wildman–Crippen MR) is 114 cm³/mol. The standard InChI is InChI=1S/C21H26Cl2N4O2/c1-14(2)11-19(25-20(28)17-4-3-15(22)12-18(17)23)21(29)26-8-5-16(6-9-26)27-10-7-24-13-27/h3-4,7,10,12-14,16,19H,5-6,8-9,11H2,1-2H3,(H,25,28). The number of halogens is 2. The molecule has 0 bridgehead atoms. The number of nitrogens with zero attached hydrogens (tertiary/aromatic N) is 3. The third-order valence-electron chi connectivity index (χ3n) is 5.21. The van der Waals surface area contributed by atoms with Gasteiger partial charge in [-0.15, -0.1) is 0 Å². The fraction of sp³-hybridized carbons (Fsp3) is 0.476. The zero-order valence-electron chi connectivity index (χ0n) is 16.6. The van der Waals surface area contributed by atoms with Crippen LogP contribution in [0.3, 0.4) is 0 Å². The Bertz CT molecular complexity index is 846. The largest absolute Gasteiger partial charge is 0.341 e. The smallest absolute Gasteiger partial charge is 0.253 e. The van der Waals surface area contributed by atoms with Gasteiger partial charge in [-0.1, -0.05) is 37.0 Å². The summed E-state index contributed by atoms with van der Waals surface area (Å²) >= 11 is 12.1. The molecule has 0 saturated carbocycles. The minimum atomic E-state index is -0.584. The lowest BCUT2D eigenvalue weighted by atomic mass is 9.99. The van der Waals surface area contributed by atoms with Gasteiger partial charge in [0.25, 0.3) is 5.91 Å². The second-order valence-corrected chi connectivity index (χ2v) is 8.69. The molecular weight excluding hydrogens is 411 g/mol. The number of likely N-dealkylation sites (tertiary alicyclic amines) is 1. The molecule has 3 rings (SSSR count). The lowest BCUT2D eigenvalue weighted by Gasteiger charge is -2.35. The quantitative estimate of drug-likeness (QED) is 0.737. The number of piperidine rings is 1. The number of hydrogen-bond acceptors (Lipinski definition) is 3. The number of aromatic nitrogens is 2. The van der Waals surface area contributed by atoms with Crippen LogP contribution in [0, 0.1) is 5.92 Å². The molecule has 2 aromatic rings. The van der Waals surface area contributed by atoms with Gasteiger partial charge in [-0.3, -0.25) is 9.59 Å². The molecule has 2 heterocycles. The maximum atomic E-state index is 13.2. The van der Waals surface area contributed by atoms with Crippen LogP contribution in [-0.4, -0.2) is 45.4 Å². The van der Waals surface area contributed by atoms with Crippen LogP contribution in [0.1, 0.15) is 49.5 Å². The average molecular weight is 437 g/mol. The number of rotatable bonds is 6. The molecule has 6 nitrogen and oxygen atoms in total. The Kier molecular flexibility index (Phi) is 7.19. The average Bonchev–Trinajstić information content (AvgIpc) is 3.21. The van der Waals surface area contributed by atoms with E-state index in [0.29, 0.717) is 36.1 Å². The number of carbonyl (C=O) groups excluding carboxylic acids is 2. The van der Waals surface area contributed by atoms with E-state index in [1.807, 2.05) is 31.3 Å². The van der Waals surface area contributed by atoms with Gasteiger partial charge in [0.1, 0.15) is 6.04 Å².